The molecule has 1 aliphatic carbocycles. The first-order valence-corrected chi connectivity index (χ1v) is 5.40. The van der Waals surface area contributed by atoms with E-state index in [1.54, 1.807) is 13.0 Å². The van der Waals surface area contributed by atoms with Crippen LogP contribution in [0.1, 0.15) is 35.8 Å². The standard InChI is InChI=1S/C11H15F3N2/c1-7-5-8-9(15)3-2-4-10(8)16(7)6-11(12,13)14/h5,9H,2-4,6,15H2,1H3. The summed E-state index contributed by atoms with van der Waals surface area (Å²) in [5.74, 6) is 0. The molecule has 16 heavy (non-hydrogen) atoms. The molecule has 90 valence electrons. The van der Waals surface area contributed by atoms with Crippen molar-refractivity contribution in [2.75, 3.05) is 0 Å². The Morgan fingerprint density at radius 2 is 2.19 bits per heavy atom. The van der Waals surface area contributed by atoms with Crippen LogP contribution >= 0.6 is 0 Å². The molecule has 0 aromatic carbocycles. The number of hydrogen-bond donors (Lipinski definition) is 1. The number of rotatable bonds is 1. The van der Waals surface area contributed by atoms with Gasteiger partial charge >= 0.3 is 6.18 Å². The van der Waals surface area contributed by atoms with Crippen molar-refractivity contribution in [2.45, 2.75) is 44.9 Å². The summed E-state index contributed by atoms with van der Waals surface area (Å²) in [7, 11) is 0. The molecule has 0 aliphatic heterocycles. The van der Waals surface area contributed by atoms with E-state index in [0.717, 1.165) is 24.1 Å². The van der Waals surface area contributed by atoms with Crippen molar-refractivity contribution in [3.8, 4) is 0 Å². The Bertz CT molecular complexity index is 393. The van der Waals surface area contributed by atoms with Crippen molar-refractivity contribution in [3.05, 3.63) is 23.0 Å². The van der Waals surface area contributed by atoms with Gasteiger partial charge in [0.05, 0.1) is 0 Å². The Morgan fingerprint density at radius 3 is 2.81 bits per heavy atom. The Balaban J connectivity index is 2.38. The maximum absolute atomic E-state index is 12.4. The quantitative estimate of drug-likeness (QED) is 0.793. The van der Waals surface area contributed by atoms with Gasteiger partial charge in [0.1, 0.15) is 6.54 Å². The van der Waals surface area contributed by atoms with Crippen LogP contribution in [-0.4, -0.2) is 10.7 Å². The lowest BCUT2D eigenvalue weighted by atomic mass is 9.93. The maximum Gasteiger partial charge on any atom is 0.406 e. The zero-order chi connectivity index (χ0) is 11.9. The van der Waals surface area contributed by atoms with Gasteiger partial charge in [-0.1, -0.05) is 0 Å². The molecular weight excluding hydrogens is 217 g/mol. The fourth-order valence-electron chi connectivity index (χ4n) is 2.40. The molecule has 0 bridgehead atoms. The Morgan fingerprint density at radius 1 is 1.50 bits per heavy atom. The third-order valence-electron chi connectivity index (χ3n) is 3.11. The summed E-state index contributed by atoms with van der Waals surface area (Å²) in [6, 6.07) is 1.70. The average molecular weight is 232 g/mol. The molecule has 1 atom stereocenters. The van der Waals surface area contributed by atoms with Crippen LogP contribution in [0.25, 0.3) is 0 Å². The van der Waals surface area contributed by atoms with Gasteiger partial charge in [-0.2, -0.15) is 13.2 Å². The molecule has 2 N–H and O–H groups in total. The molecule has 1 aromatic heterocycles. The highest BCUT2D eigenvalue weighted by Crippen LogP contribution is 2.32. The number of nitrogens with two attached hydrogens (primary N) is 1. The minimum absolute atomic E-state index is 0.100. The van der Waals surface area contributed by atoms with Gasteiger partial charge < -0.3 is 10.3 Å². The van der Waals surface area contributed by atoms with E-state index >= 15 is 0 Å². The molecule has 2 nitrogen and oxygen atoms in total. The van der Waals surface area contributed by atoms with Crippen molar-refractivity contribution in [2.24, 2.45) is 5.73 Å². The highest BCUT2D eigenvalue weighted by atomic mass is 19.4. The predicted molar refractivity (Wildman–Crippen MR) is 55.1 cm³/mol. The van der Waals surface area contributed by atoms with E-state index in [1.165, 1.54) is 4.57 Å². The van der Waals surface area contributed by atoms with E-state index in [1.807, 2.05) is 0 Å². The van der Waals surface area contributed by atoms with E-state index in [9.17, 15) is 13.2 Å². The molecule has 1 aliphatic rings. The molecule has 0 saturated carbocycles. The van der Waals surface area contributed by atoms with E-state index < -0.39 is 12.7 Å². The van der Waals surface area contributed by atoms with Crippen LogP contribution in [-0.2, 0) is 13.0 Å². The molecule has 0 radical (unpaired) electrons. The molecule has 0 amide bonds. The lowest BCUT2D eigenvalue weighted by Gasteiger charge is -2.21. The first-order valence-electron chi connectivity index (χ1n) is 5.40. The number of alkyl halides is 3. The fraction of sp³-hybridized carbons (Fsp3) is 0.636. The summed E-state index contributed by atoms with van der Waals surface area (Å²) in [5, 5.41) is 0. The van der Waals surface area contributed by atoms with Gasteiger partial charge in [-0.3, -0.25) is 0 Å². The van der Waals surface area contributed by atoms with Crippen LogP contribution in [0.5, 0.6) is 0 Å². The van der Waals surface area contributed by atoms with Crippen molar-refractivity contribution in [1.29, 1.82) is 0 Å². The number of fused-ring (bicyclic) bond motifs is 1. The molecule has 1 aromatic rings. The minimum atomic E-state index is -4.17. The minimum Gasteiger partial charge on any atom is -0.339 e. The Labute approximate surface area is 92.2 Å². The molecular formula is C11H15F3N2. The van der Waals surface area contributed by atoms with Crippen LogP contribution in [0, 0.1) is 6.92 Å². The summed E-state index contributed by atoms with van der Waals surface area (Å²) in [5.41, 5.74) is 8.22. The second-order valence-electron chi connectivity index (χ2n) is 4.39. The third-order valence-corrected chi connectivity index (χ3v) is 3.11. The molecule has 5 heteroatoms. The molecule has 1 heterocycles. The van der Waals surface area contributed by atoms with Crippen LogP contribution in [0.3, 0.4) is 0 Å². The van der Waals surface area contributed by atoms with Gasteiger partial charge in [-0.25, -0.2) is 0 Å². The van der Waals surface area contributed by atoms with Crippen molar-refractivity contribution >= 4 is 0 Å². The molecule has 0 fully saturated rings. The summed E-state index contributed by atoms with van der Waals surface area (Å²) in [6.07, 6.45) is -1.73. The van der Waals surface area contributed by atoms with E-state index in [4.69, 9.17) is 5.73 Å². The number of nitrogens with zero attached hydrogens (tertiary/aromatic N) is 1. The average Bonchev–Trinajstić information content (AvgIpc) is 2.44. The predicted octanol–water partition coefficient (Wildman–Crippen LogP) is 2.69. The zero-order valence-corrected chi connectivity index (χ0v) is 9.14. The molecule has 0 saturated heterocycles. The SMILES string of the molecule is Cc1cc2c(n1CC(F)(F)F)CCCC2N. The topological polar surface area (TPSA) is 30.9 Å². The van der Waals surface area contributed by atoms with Gasteiger partial charge in [-0.05, 0) is 37.8 Å². The van der Waals surface area contributed by atoms with Crippen molar-refractivity contribution in [3.63, 3.8) is 0 Å². The number of hydrogen-bond acceptors (Lipinski definition) is 1. The number of aromatic nitrogens is 1. The highest BCUT2D eigenvalue weighted by molar-refractivity contribution is 5.32. The van der Waals surface area contributed by atoms with Crippen molar-refractivity contribution in [1.82, 2.24) is 4.57 Å². The van der Waals surface area contributed by atoms with Crippen LogP contribution in [0.15, 0.2) is 6.07 Å². The summed E-state index contributed by atoms with van der Waals surface area (Å²) >= 11 is 0. The number of aryl methyl sites for hydroxylation is 1. The normalized spacial score (nSPS) is 20.9. The van der Waals surface area contributed by atoms with Gasteiger partial charge in [0.15, 0.2) is 0 Å². The Hall–Kier alpha value is -0.970. The smallest absolute Gasteiger partial charge is 0.339 e. The second-order valence-corrected chi connectivity index (χ2v) is 4.39. The van der Waals surface area contributed by atoms with E-state index in [-0.39, 0.29) is 6.04 Å². The Kier molecular flexibility index (Phi) is 2.74. The third kappa shape index (κ3) is 2.09. The van der Waals surface area contributed by atoms with Crippen molar-refractivity contribution < 1.29 is 13.2 Å². The van der Waals surface area contributed by atoms with E-state index in [0.29, 0.717) is 12.1 Å². The first kappa shape index (κ1) is 11.5. The highest BCUT2D eigenvalue weighted by Gasteiger charge is 2.31. The van der Waals surface area contributed by atoms with Gasteiger partial charge in [-0.15, -0.1) is 0 Å². The lowest BCUT2D eigenvalue weighted by Crippen LogP contribution is -2.23. The number of halogens is 3. The molecule has 0 spiro atoms. The summed E-state index contributed by atoms with van der Waals surface area (Å²) in [4.78, 5) is 0. The maximum atomic E-state index is 12.4. The largest absolute Gasteiger partial charge is 0.406 e. The molecule has 2 rings (SSSR count). The van der Waals surface area contributed by atoms with Gasteiger partial charge in [0.2, 0.25) is 0 Å². The monoisotopic (exact) mass is 232 g/mol. The van der Waals surface area contributed by atoms with E-state index in [2.05, 4.69) is 0 Å². The zero-order valence-electron chi connectivity index (χ0n) is 9.14. The summed E-state index contributed by atoms with van der Waals surface area (Å²) in [6.45, 7) is 0.803. The summed E-state index contributed by atoms with van der Waals surface area (Å²) < 4.78 is 38.6. The van der Waals surface area contributed by atoms with Crippen LogP contribution in [0.2, 0.25) is 0 Å². The lowest BCUT2D eigenvalue weighted by molar-refractivity contribution is -0.141. The second kappa shape index (κ2) is 3.80. The van der Waals surface area contributed by atoms with Crippen LogP contribution in [0.4, 0.5) is 13.2 Å². The fourth-order valence-corrected chi connectivity index (χ4v) is 2.40. The van der Waals surface area contributed by atoms with Gasteiger partial charge in [0, 0.05) is 17.4 Å². The molecule has 1 unspecified atom stereocenters. The van der Waals surface area contributed by atoms with Crippen LogP contribution < -0.4 is 5.73 Å². The van der Waals surface area contributed by atoms with Gasteiger partial charge in [0.25, 0.3) is 0 Å². The first-order chi connectivity index (χ1) is 7.38.